The third-order valence-corrected chi connectivity index (χ3v) is 5.71. The predicted molar refractivity (Wildman–Crippen MR) is 98.6 cm³/mol. The van der Waals surface area contributed by atoms with E-state index < -0.39 is 5.79 Å². The van der Waals surface area contributed by atoms with Crippen molar-refractivity contribution in [3.63, 3.8) is 0 Å². The van der Waals surface area contributed by atoms with E-state index >= 15 is 0 Å². The first kappa shape index (κ1) is 17.5. The lowest BCUT2D eigenvalue weighted by Gasteiger charge is -2.38. The first-order valence-corrected chi connectivity index (χ1v) is 9.58. The molecule has 0 amide bonds. The van der Waals surface area contributed by atoms with Crippen LogP contribution in [0.2, 0.25) is 0 Å². The molecule has 2 unspecified atom stereocenters. The molecule has 0 aromatic heterocycles. The summed E-state index contributed by atoms with van der Waals surface area (Å²) in [5.41, 5.74) is 12.6. The van der Waals surface area contributed by atoms with E-state index in [1.165, 1.54) is 45.1 Å². The van der Waals surface area contributed by atoms with Crippen molar-refractivity contribution in [2.75, 3.05) is 19.6 Å². The Morgan fingerprint density at radius 3 is 2.67 bits per heavy atom. The van der Waals surface area contributed by atoms with Crippen molar-refractivity contribution in [3.8, 4) is 0 Å². The maximum atomic E-state index is 6.61. The van der Waals surface area contributed by atoms with Gasteiger partial charge in [-0.05, 0) is 38.8 Å². The van der Waals surface area contributed by atoms with Gasteiger partial charge in [-0.15, -0.1) is 0 Å². The van der Waals surface area contributed by atoms with Crippen molar-refractivity contribution in [2.24, 2.45) is 27.4 Å². The molecule has 6 N–H and O–H groups in total. The average molecular weight is 336 g/mol. The number of likely N-dealkylation sites (tertiary alicyclic amines) is 1. The number of nitrogens with one attached hydrogen (secondary N) is 2. The Balaban J connectivity index is 1.67. The highest BCUT2D eigenvalue weighted by atomic mass is 15.4. The van der Waals surface area contributed by atoms with E-state index in [-0.39, 0.29) is 0 Å². The number of nitrogens with two attached hydrogens (primary N) is 2. The van der Waals surface area contributed by atoms with Gasteiger partial charge in [0.05, 0.1) is 6.54 Å². The van der Waals surface area contributed by atoms with E-state index in [1.54, 1.807) is 0 Å². The first-order chi connectivity index (χ1) is 11.6. The summed E-state index contributed by atoms with van der Waals surface area (Å²) in [6.07, 6.45) is 9.68. The summed E-state index contributed by atoms with van der Waals surface area (Å²) in [4.78, 5) is 11.7. The molecule has 0 radical (unpaired) electrons. The number of rotatable bonds is 4. The highest BCUT2D eigenvalue weighted by Crippen LogP contribution is 2.30. The summed E-state index contributed by atoms with van der Waals surface area (Å²) in [7, 11) is 0. The third-order valence-electron chi connectivity index (χ3n) is 5.71. The minimum Gasteiger partial charge on any atom is -0.370 e. The predicted octanol–water partition coefficient (Wildman–Crippen LogP) is 0.917. The molecule has 2 heterocycles. The fourth-order valence-electron chi connectivity index (χ4n) is 4.30. The fraction of sp³-hybridized carbons (Fsp3) is 0.882. The second kappa shape index (κ2) is 7.70. The van der Waals surface area contributed by atoms with Gasteiger partial charge >= 0.3 is 0 Å². The van der Waals surface area contributed by atoms with Crippen molar-refractivity contribution in [1.82, 2.24) is 15.5 Å². The first-order valence-electron chi connectivity index (χ1n) is 9.58. The summed E-state index contributed by atoms with van der Waals surface area (Å²) in [5, 5.41) is 6.40. The molecule has 0 aromatic carbocycles. The molecule has 1 aliphatic carbocycles. The summed E-state index contributed by atoms with van der Waals surface area (Å²) >= 11 is 0. The van der Waals surface area contributed by atoms with Crippen molar-refractivity contribution in [2.45, 2.75) is 70.1 Å². The zero-order valence-electron chi connectivity index (χ0n) is 14.9. The monoisotopic (exact) mass is 335 g/mol. The van der Waals surface area contributed by atoms with E-state index in [0.29, 0.717) is 23.9 Å². The van der Waals surface area contributed by atoms with E-state index in [1.807, 2.05) is 0 Å². The Kier molecular flexibility index (Phi) is 5.61. The number of likely N-dealkylation sites (N-methyl/N-ethyl adjacent to an activating group) is 1. The van der Waals surface area contributed by atoms with Crippen LogP contribution in [0.15, 0.2) is 9.98 Å². The van der Waals surface area contributed by atoms with Crippen LogP contribution in [0.3, 0.4) is 0 Å². The van der Waals surface area contributed by atoms with Crippen LogP contribution < -0.4 is 22.1 Å². The van der Waals surface area contributed by atoms with Crippen LogP contribution in [0.4, 0.5) is 0 Å². The van der Waals surface area contributed by atoms with Gasteiger partial charge < -0.3 is 11.1 Å². The molecule has 3 rings (SSSR count). The molecule has 2 atom stereocenters. The van der Waals surface area contributed by atoms with Gasteiger partial charge in [0.1, 0.15) is 0 Å². The molecular weight excluding hydrogens is 302 g/mol. The fourth-order valence-corrected chi connectivity index (χ4v) is 4.30. The van der Waals surface area contributed by atoms with Gasteiger partial charge in [0.15, 0.2) is 11.7 Å². The highest BCUT2D eigenvalue weighted by molar-refractivity contribution is 6.00. The number of hydrogen-bond donors (Lipinski definition) is 4. The molecule has 136 valence electrons. The Bertz CT molecular complexity index is 481. The SMILES string of the molecule is CCN1CCCC1CN=C1NC(N)=NC(N)(C2CCCCCC2)N1. The summed E-state index contributed by atoms with van der Waals surface area (Å²) in [6.45, 7) is 5.25. The topological polar surface area (TPSA) is 104 Å². The minimum atomic E-state index is -0.821. The lowest BCUT2D eigenvalue weighted by atomic mass is 9.92. The summed E-state index contributed by atoms with van der Waals surface area (Å²) < 4.78 is 0. The molecule has 2 fully saturated rings. The van der Waals surface area contributed by atoms with Crippen LogP contribution in [0, 0.1) is 5.92 Å². The van der Waals surface area contributed by atoms with E-state index in [2.05, 4.69) is 27.4 Å². The van der Waals surface area contributed by atoms with Crippen LogP contribution in [0.5, 0.6) is 0 Å². The molecule has 7 nitrogen and oxygen atoms in total. The van der Waals surface area contributed by atoms with Gasteiger partial charge in [0, 0.05) is 12.0 Å². The molecule has 2 aliphatic heterocycles. The zero-order chi connectivity index (χ0) is 17.0. The summed E-state index contributed by atoms with van der Waals surface area (Å²) in [5.74, 6) is 0.540. The van der Waals surface area contributed by atoms with Crippen LogP contribution in [-0.2, 0) is 0 Å². The maximum absolute atomic E-state index is 6.61. The average Bonchev–Trinajstić information content (AvgIpc) is 2.82. The van der Waals surface area contributed by atoms with Gasteiger partial charge in [-0.1, -0.05) is 32.6 Å². The van der Waals surface area contributed by atoms with Crippen LogP contribution in [0.25, 0.3) is 0 Å². The molecular formula is C17H33N7. The number of aliphatic imine (C=N–C) groups is 2. The Labute approximate surface area is 145 Å². The second-order valence-corrected chi connectivity index (χ2v) is 7.37. The Hall–Kier alpha value is -1.34. The van der Waals surface area contributed by atoms with Crippen LogP contribution in [0.1, 0.15) is 58.3 Å². The lowest BCUT2D eigenvalue weighted by Crippen LogP contribution is -2.67. The van der Waals surface area contributed by atoms with Gasteiger partial charge in [-0.2, -0.15) is 0 Å². The zero-order valence-corrected chi connectivity index (χ0v) is 14.9. The van der Waals surface area contributed by atoms with E-state index in [9.17, 15) is 0 Å². The lowest BCUT2D eigenvalue weighted by molar-refractivity contribution is 0.226. The largest absolute Gasteiger partial charge is 0.370 e. The van der Waals surface area contributed by atoms with Crippen molar-refractivity contribution >= 4 is 11.9 Å². The van der Waals surface area contributed by atoms with Crippen LogP contribution in [-0.4, -0.2) is 48.3 Å². The highest BCUT2D eigenvalue weighted by Gasteiger charge is 2.38. The quantitative estimate of drug-likeness (QED) is 0.572. The maximum Gasteiger partial charge on any atom is 0.201 e. The third kappa shape index (κ3) is 4.00. The van der Waals surface area contributed by atoms with Gasteiger partial charge in [-0.25, -0.2) is 4.99 Å². The minimum absolute atomic E-state index is 0.310. The van der Waals surface area contributed by atoms with Crippen molar-refractivity contribution in [1.29, 1.82) is 0 Å². The molecule has 1 saturated carbocycles. The molecule has 0 aromatic rings. The standard InChI is InChI=1S/C17H33N7/c1-2-24-11-7-10-14(24)12-20-16-21-15(18)22-17(19,23-16)13-8-5-3-4-6-9-13/h13-14H,2-12,19H2,1H3,(H4,18,20,21,22,23). The van der Waals surface area contributed by atoms with Gasteiger partial charge in [0.25, 0.3) is 0 Å². The normalized spacial score (nSPS) is 34.5. The van der Waals surface area contributed by atoms with Crippen molar-refractivity contribution < 1.29 is 0 Å². The molecule has 0 spiro atoms. The second-order valence-electron chi connectivity index (χ2n) is 7.37. The smallest absolute Gasteiger partial charge is 0.201 e. The molecule has 1 saturated heterocycles. The van der Waals surface area contributed by atoms with Crippen molar-refractivity contribution in [3.05, 3.63) is 0 Å². The number of guanidine groups is 2. The molecule has 0 bridgehead atoms. The Morgan fingerprint density at radius 1 is 1.21 bits per heavy atom. The summed E-state index contributed by atoms with van der Waals surface area (Å²) in [6, 6.07) is 0.524. The molecule has 3 aliphatic rings. The van der Waals surface area contributed by atoms with Gasteiger partial charge in [-0.3, -0.25) is 20.9 Å². The Morgan fingerprint density at radius 2 is 1.96 bits per heavy atom. The van der Waals surface area contributed by atoms with E-state index in [4.69, 9.17) is 16.5 Å². The van der Waals surface area contributed by atoms with Gasteiger partial charge in [0.2, 0.25) is 5.96 Å². The number of hydrogen-bond acceptors (Lipinski definition) is 5. The number of nitrogens with zero attached hydrogens (tertiary/aromatic N) is 3. The molecule has 24 heavy (non-hydrogen) atoms. The van der Waals surface area contributed by atoms with E-state index in [0.717, 1.165) is 25.9 Å². The van der Waals surface area contributed by atoms with Crippen LogP contribution >= 0.6 is 0 Å². The molecule has 7 heteroatoms.